The average Bonchev–Trinajstić information content (AvgIpc) is 1.97. The van der Waals surface area contributed by atoms with Gasteiger partial charge in [0.05, 0.1) is 0 Å². The van der Waals surface area contributed by atoms with Gasteiger partial charge in [-0.15, -0.1) is 0 Å². The maximum Gasteiger partial charge on any atom is 0.227 e. The van der Waals surface area contributed by atoms with Crippen molar-refractivity contribution in [3.8, 4) is 0 Å². The van der Waals surface area contributed by atoms with Gasteiger partial charge in [0, 0.05) is 5.41 Å². The molecule has 1 amide bonds. The van der Waals surface area contributed by atoms with Gasteiger partial charge >= 0.3 is 0 Å². The van der Waals surface area contributed by atoms with Crippen LogP contribution in [0.4, 0.5) is 0 Å². The first kappa shape index (κ1) is 12.1. The van der Waals surface area contributed by atoms with Gasteiger partial charge in [-0.3, -0.25) is 9.79 Å². The molecule has 13 heavy (non-hydrogen) atoms. The highest BCUT2D eigenvalue weighted by atomic mass is 16.2. The van der Waals surface area contributed by atoms with Crippen LogP contribution in [0.2, 0.25) is 0 Å². The largest absolute Gasteiger partial charge is 0.336 e. The quantitative estimate of drug-likeness (QED) is 0.651. The highest BCUT2D eigenvalue weighted by Crippen LogP contribution is 2.25. The summed E-state index contributed by atoms with van der Waals surface area (Å²) in [6, 6.07) is 0. The van der Waals surface area contributed by atoms with Gasteiger partial charge in [0.15, 0.2) is 0 Å². The highest BCUT2D eigenvalue weighted by Gasteiger charge is 2.27. The number of hydrogen-bond donors (Lipinski definition) is 1. The summed E-state index contributed by atoms with van der Waals surface area (Å²) < 4.78 is 0. The molecule has 3 heteroatoms. The summed E-state index contributed by atoms with van der Waals surface area (Å²) in [5.74, 6) is 0.575. The van der Waals surface area contributed by atoms with Crippen LogP contribution in [0.5, 0.6) is 0 Å². The second-order valence-corrected chi connectivity index (χ2v) is 4.37. The molecular formula is C10H20N2O. The standard InChI is InChI=1S/C10H20N2O/c1-8(2)6-10(3,4)9(13)12-7-11-5/h8H,5-7H2,1-4H3,(H,12,13). The van der Waals surface area contributed by atoms with E-state index in [1.807, 2.05) is 13.8 Å². The van der Waals surface area contributed by atoms with E-state index in [0.29, 0.717) is 12.6 Å². The zero-order chi connectivity index (χ0) is 10.5. The van der Waals surface area contributed by atoms with Gasteiger partial charge < -0.3 is 5.32 Å². The Morgan fingerprint density at radius 3 is 2.46 bits per heavy atom. The molecule has 76 valence electrons. The van der Waals surface area contributed by atoms with Crippen molar-refractivity contribution < 1.29 is 4.79 Å². The zero-order valence-corrected chi connectivity index (χ0v) is 9.05. The Hall–Kier alpha value is -0.860. The first-order valence-electron chi connectivity index (χ1n) is 4.61. The first-order valence-corrected chi connectivity index (χ1v) is 4.61. The Morgan fingerprint density at radius 2 is 2.08 bits per heavy atom. The minimum atomic E-state index is -0.307. The maximum atomic E-state index is 11.6. The molecule has 0 aliphatic carbocycles. The molecule has 0 atom stereocenters. The topological polar surface area (TPSA) is 41.5 Å². The number of nitrogens with one attached hydrogen (secondary N) is 1. The molecule has 0 rings (SSSR count). The van der Waals surface area contributed by atoms with E-state index in [-0.39, 0.29) is 11.3 Å². The molecule has 0 bridgehead atoms. The Labute approximate surface area is 80.6 Å². The van der Waals surface area contributed by atoms with E-state index in [4.69, 9.17) is 0 Å². The lowest BCUT2D eigenvalue weighted by molar-refractivity contribution is -0.130. The molecule has 0 radical (unpaired) electrons. The summed E-state index contributed by atoms with van der Waals surface area (Å²) in [5.41, 5.74) is -0.307. The minimum Gasteiger partial charge on any atom is -0.336 e. The summed E-state index contributed by atoms with van der Waals surface area (Å²) in [4.78, 5) is 15.1. The molecular weight excluding hydrogens is 164 g/mol. The zero-order valence-electron chi connectivity index (χ0n) is 9.05. The van der Waals surface area contributed by atoms with E-state index < -0.39 is 0 Å². The van der Waals surface area contributed by atoms with E-state index in [0.717, 1.165) is 6.42 Å². The van der Waals surface area contributed by atoms with Crippen LogP contribution in [-0.2, 0) is 4.79 Å². The molecule has 0 spiro atoms. The molecule has 0 aromatic heterocycles. The van der Waals surface area contributed by atoms with Crippen molar-refractivity contribution in [2.75, 3.05) is 6.67 Å². The summed E-state index contributed by atoms with van der Waals surface area (Å²) in [7, 11) is 0. The van der Waals surface area contributed by atoms with E-state index in [1.165, 1.54) is 0 Å². The predicted octanol–water partition coefficient (Wildman–Crippen LogP) is 1.83. The van der Waals surface area contributed by atoms with Gasteiger partial charge in [0.2, 0.25) is 5.91 Å². The third-order valence-electron chi connectivity index (χ3n) is 1.88. The lowest BCUT2D eigenvalue weighted by Crippen LogP contribution is -2.37. The Balaban J connectivity index is 4.10. The molecule has 1 N–H and O–H groups in total. The molecule has 0 unspecified atom stereocenters. The minimum absolute atomic E-state index is 0.0496. The van der Waals surface area contributed by atoms with Crippen molar-refractivity contribution in [1.29, 1.82) is 0 Å². The average molecular weight is 184 g/mol. The van der Waals surface area contributed by atoms with Crippen molar-refractivity contribution >= 4 is 12.6 Å². The maximum absolute atomic E-state index is 11.6. The molecule has 0 aromatic carbocycles. The summed E-state index contributed by atoms with van der Waals surface area (Å²) >= 11 is 0. The van der Waals surface area contributed by atoms with Crippen LogP contribution in [0.15, 0.2) is 4.99 Å². The van der Waals surface area contributed by atoms with Crippen molar-refractivity contribution in [2.45, 2.75) is 34.1 Å². The van der Waals surface area contributed by atoms with Crippen molar-refractivity contribution in [3.63, 3.8) is 0 Å². The third kappa shape index (κ3) is 4.65. The molecule has 0 aliphatic heterocycles. The van der Waals surface area contributed by atoms with Crippen molar-refractivity contribution in [3.05, 3.63) is 0 Å². The molecule has 0 saturated carbocycles. The van der Waals surface area contributed by atoms with Crippen LogP contribution in [0.3, 0.4) is 0 Å². The summed E-state index contributed by atoms with van der Waals surface area (Å²) in [6.07, 6.45) is 0.885. The number of rotatable bonds is 5. The molecule has 0 aromatic rings. The number of aliphatic imine (C=N–C) groups is 1. The van der Waals surface area contributed by atoms with Gasteiger partial charge in [0.1, 0.15) is 6.67 Å². The van der Waals surface area contributed by atoms with Crippen molar-refractivity contribution in [1.82, 2.24) is 5.32 Å². The van der Waals surface area contributed by atoms with Crippen LogP contribution >= 0.6 is 0 Å². The summed E-state index contributed by atoms with van der Waals surface area (Å²) in [6.45, 7) is 11.7. The monoisotopic (exact) mass is 184 g/mol. The number of hydrogen-bond acceptors (Lipinski definition) is 2. The molecule has 3 nitrogen and oxygen atoms in total. The number of amides is 1. The summed E-state index contributed by atoms with van der Waals surface area (Å²) in [5, 5.41) is 2.71. The van der Waals surface area contributed by atoms with E-state index in [1.54, 1.807) is 0 Å². The number of nitrogens with zero attached hydrogens (tertiary/aromatic N) is 1. The Kier molecular flexibility index (Phi) is 4.67. The number of carbonyl (C=O) groups is 1. The van der Waals surface area contributed by atoms with Gasteiger partial charge in [0.25, 0.3) is 0 Å². The van der Waals surface area contributed by atoms with Gasteiger partial charge in [-0.05, 0) is 19.1 Å². The van der Waals surface area contributed by atoms with Crippen LogP contribution in [0.25, 0.3) is 0 Å². The van der Waals surface area contributed by atoms with Gasteiger partial charge in [-0.2, -0.15) is 0 Å². The molecule has 0 fully saturated rings. The SMILES string of the molecule is C=NCNC(=O)C(C)(C)CC(C)C. The van der Waals surface area contributed by atoms with E-state index in [2.05, 4.69) is 30.9 Å². The van der Waals surface area contributed by atoms with Crippen LogP contribution in [0, 0.1) is 11.3 Å². The van der Waals surface area contributed by atoms with E-state index >= 15 is 0 Å². The smallest absolute Gasteiger partial charge is 0.227 e. The Morgan fingerprint density at radius 1 is 1.54 bits per heavy atom. The molecule has 0 aliphatic rings. The van der Waals surface area contributed by atoms with Crippen molar-refractivity contribution in [2.24, 2.45) is 16.3 Å². The van der Waals surface area contributed by atoms with Crippen LogP contribution in [-0.4, -0.2) is 19.3 Å². The normalized spacial score (nSPS) is 11.5. The Bertz CT molecular complexity index is 185. The second kappa shape index (κ2) is 5.00. The van der Waals surface area contributed by atoms with Crippen LogP contribution < -0.4 is 5.32 Å². The first-order chi connectivity index (χ1) is 5.90. The van der Waals surface area contributed by atoms with Crippen LogP contribution in [0.1, 0.15) is 34.1 Å². The lowest BCUT2D eigenvalue weighted by atomic mass is 9.83. The highest BCUT2D eigenvalue weighted by molar-refractivity contribution is 5.81. The fourth-order valence-corrected chi connectivity index (χ4v) is 1.48. The predicted molar refractivity (Wildman–Crippen MR) is 55.8 cm³/mol. The second-order valence-electron chi connectivity index (χ2n) is 4.37. The van der Waals surface area contributed by atoms with E-state index in [9.17, 15) is 4.79 Å². The fourth-order valence-electron chi connectivity index (χ4n) is 1.48. The lowest BCUT2D eigenvalue weighted by Gasteiger charge is -2.24. The third-order valence-corrected chi connectivity index (χ3v) is 1.88. The molecule has 0 heterocycles. The molecule has 0 saturated heterocycles. The number of carbonyl (C=O) groups excluding carboxylic acids is 1. The van der Waals surface area contributed by atoms with Gasteiger partial charge in [-0.25, -0.2) is 0 Å². The van der Waals surface area contributed by atoms with Gasteiger partial charge in [-0.1, -0.05) is 27.7 Å². The fraction of sp³-hybridized carbons (Fsp3) is 0.800.